The van der Waals surface area contributed by atoms with E-state index < -0.39 is 5.97 Å². The zero-order chi connectivity index (χ0) is 15.2. The van der Waals surface area contributed by atoms with Crippen molar-refractivity contribution in [3.63, 3.8) is 0 Å². The molecule has 0 aliphatic rings. The normalized spacial score (nSPS) is 9.86. The summed E-state index contributed by atoms with van der Waals surface area (Å²) < 4.78 is 0. The Morgan fingerprint density at radius 1 is 1.05 bits per heavy atom. The zero-order valence-corrected chi connectivity index (χ0v) is 11.2. The van der Waals surface area contributed by atoms with E-state index in [9.17, 15) is 9.59 Å². The molecular formula is C17H13NO3. The molecule has 0 bridgehead atoms. The van der Waals surface area contributed by atoms with E-state index in [1.54, 1.807) is 42.5 Å². The molecular weight excluding hydrogens is 266 g/mol. The minimum Gasteiger partial charge on any atom is -0.478 e. The van der Waals surface area contributed by atoms with E-state index in [1.165, 1.54) is 6.07 Å². The number of Topliss-reactive ketones (excluding diaryl/α,β-unsaturated/α-hetero) is 1. The van der Waals surface area contributed by atoms with Gasteiger partial charge in [-0.25, -0.2) is 4.79 Å². The van der Waals surface area contributed by atoms with Crippen molar-refractivity contribution < 1.29 is 14.7 Å². The highest BCUT2D eigenvalue weighted by Crippen LogP contribution is 2.14. The van der Waals surface area contributed by atoms with Gasteiger partial charge < -0.3 is 5.11 Å². The summed E-state index contributed by atoms with van der Waals surface area (Å²) in [6.07, 6.45) is 0.609. The average Bonchev–Trinajstić information content (AvgIpc) is 2.52. The standard InChI is InChI=1S/C17H13NO3/c18-11-12-5-7-14(8-6-12)16(19)10-9-13-3-1-2-4-15(13)17(20)21/h1-8H,9-10H2,(H,20,21). The lowest BCUT2D eigenvalue weighted by Crippen LogP contribution is -2.06. The fourth-order valence-electron chi connectivity index (χ4n) is 2.07. The Morgan fingerprint density at radius 2 is 1.71 bits per heavy atom. The number of carboxylic acid groups (broad SMARTS) is 1. The van der Waals surface area contributed by atoms with Gasteiger partial charge in [0, 0.05) is 12.0 Å². The summed E-state index contributed by atoms with van der Waals surface area (Å²) in [4.78, 5) is 23.2. The summed E-state index contributed by atoms with van der Waals surface area (Å²) in [5.74, 6) is -1.06. The maximum Gasteiger partial charge on any atom is 0.335 e. The van der Waals surface area contributed by atoms with Crippen LogP contribution in [0, 0.1) is 11.3 Å². The van der Waals surface area contributed by atoms with Gasteiger partial charge in [0.2, 0.25) is 0 Å². The number of hydrogen-bond donors (Lipinski definition) is 1. The molecule has 0 aliphatic carbocycles. The molecule has 0 aliphatic heterocycles. The van der Waals surface area contributed by atoms with Crippen LogP contribution in [0.1, 0.15) is 38.3 Å². The Labute approximate surface area is 122 Å². The van der Waals surface area contributed by atoms with Gasteiger partial charge in [0.15, 0.2) is 5.78 Å². The number of ketones is 1. The van der Waals surface area contributed by atoms with Gasteiger partial charge in [-0.1, -0.05) is 30.3 Å². The third-order valence-corrected chi connectivity index (χ3v) is 3.21. The third kappa shape index (κ3) is 3.54. The molecule has 0 atom stereocenters. The molecule has 0 spiro atoms. The molecule has 0 amide bonds. The summed E-state index contributed by atoms with van der Waals surface area (Å²) >= 11 is 0. The smallest absolute Gasteiger partial charge is 0.335 e. The van der Waals surface area contributed by atoms with Crippen molar-refractivity contribution >= 4 is 11.8 Å². The van der Waals surface area contributed by atoms with Crippen LogP contribution in [0.25, 0.3) is 0 Å². The summed E-state index contributed by atoms with van der Waals surface area (Å²) in [5.41, 5.74) is 1.90. The molecule has 21 heavy (non-hydrogen) atoms. The number of rotatable bonds is 5. The Morgan fingerprint density at radius 3 is 2.33 bits per heavy atom. The van der Waals surface area contributed by atoms with E-state index in [0.29, 0.717) is 23.1 Å². The van der Waals surface area contributed by atoms with Crippen molar-refractivity contribution in [1.29, 1.82) is 5.26 Å². The van der Waals surface area contributed by atoms with E-state index >= 15 is 0 Å². The molecule has 2 rings (SSSR count). The number of carboxylic acids is 1. The molecule has 0 unspecified atom stereocenters. The van der Waals surface area contributed by atoms with Crippen LogP contribution in [0.3, 0.4) is 0 Å². The van der Waals surface area contributed by atoms with Gasteiger partial charge in [-0.3, -0.25) is 4.79 Å². The van der Waals surface area contributed by atoms with Gasteiger partial charge in [0.1, 0.15) is 0 Å². The second kappa shape index (κ2) is 6.49. The lowest BCUT2D eigenvalue weighted by Gasteiger charge is -2.05. The van der Waals surface area contributed by atoms with E-state index in [4.69, 9.17) is 10.4 Å². The lowest BCUT2D eigenvalue weighted by molar-refractivity contribution is 0.0695. The van der Waals surface area contributed by atoms with Crippen molar-refractivity contribution in [2.24, 2.45) is 0 Å². The second-order valence-corrected chi connectivity index (χ2v) is 4.57. The van der Waals surface area contributed by atoms with Gasteiger partial charge in [-0.05, 0) is 30.2 Å². The van der Waals surface area contributed by atoms with Crippen LogP contribution in [-0.2, 0) is 6.42 Å². The molecule has 0 saturated heterocycles. The van der Waals surface area contributed by atoms with Crippen LogP contribution in [0.2, 0.25) is 0 Å². The van der Waals surface area contributed by atoms with Crippen LogP contribution in [0.5, 0.6) is 0 Å². The molecule has 0 fully saturated rings. The van der Waals surface area contributed by atoms with Gasteiger partial charge in [-0.15, -0.1) is 0 Å². The first-order valence-electron chi connectivity index (χ1n) is 6.46. The van der Waals surface area contributed by atoms with Crippen LogP contribution in [-0.4, -0.2) is 16.9 Å². The minimum absolute atomic E-state index is 0.0697. The van der Waals surface area contributed by atoms with Crippen molar-refractivity contribution in [2.45, 2.75) is 12.8 Å². The molecule has 0 aromatic heterocycles. The number of carbonyl (C=O) groups is 2. The number of aryl methyl sites for hydroxylation is 1. The highest BCUT2D eigenvalue weighted by molar-refractivity contribution is 5.96. The second-order valence-electron chi connectivity index (χ2n) is 4.57. The summed E-state index contributed by atoms with van der Waals surface area (Å²) in [5, 5.41) is 17.8. The molecule has 0 radical (unpaired) electrons. The number of benzene rings is 2. The van der Waals surface area contributed by atoms with Crippen LogP contribution in [0.4, 0.5) is 0 Å². The maximum atomic E-state index is 12.1. The van der Waals surface area contributed by atoms with E-state index in [-0.39, 0.29) is 17.8 Å². The molecule has 4 heteroatoms. The number of aromatic carboxylic acids is 1. The van der Waals surface area contributed by atoms with Crippen LogP contribution in [0.15, 0.2) is 48.5 Å². The van der Waals surface area contributed by atoms with Crippen molar-refractivity contribution in [2.75, 3.05) is 0 Å². The van der Waals surface area contributed by atoms with Gasteiger partial charge in [0.25, 0.3) is 0 Å². The predicted molar refractivity (Wildman–Crippen MR) is 77.2 cm³/mol. The quantitative estimate of drug-likeness (QED) is 0.853. The zero-order valence-electron chi connectivity index (χ0n) is 11.2. The minimum atomic E-state index is -0.989. The van der Waals surface area contributed by atoms with Crippen molar-refractivity contribution in [3.05, 3.63) is 70.8 Å². The Bertz CT molecular complexity index is 712. The summed E-state index contributed by atoms with van der Waals surface area (Å²) in [6, 6.07) is 15.1. The predicted octanol–water partition coefficient (Wildman–Crippen LogP) is 3.07. The Hall–Kier alpha value is -2.93. The van der Waals surface area contributed by atoms with Gasteiger partial charge in [-0.2, -0.15) is 5.26 Å². The number of hydrogen-bond acceptors (Lipinski definition) is 3. The fourth-order valence-corrected chi connectivity index (χ4v) is 2.07. The Balaban J connectivity index is 2.07. The number of nitrogens with zero attached hydrogens (tertiary/aromatic N) is 1. The molecule has 1 N–H and O–H groups in total. The van der Waals surface area contributed by atoms with E-state index in [1.807, 2.05) is 6.07 Å². The first-order chi connectivity index (χ1) is 10.1. The SMILES string of the molecule is N#Cc1ccc(C(=O)CCc2ccccc2C(=O)O)cc1. The number of carbonyl (C=O) groups excluding carboxylic acids is 1. The van der Waals surface area contributed by atoms with Crippen molar-refractivity contribution in [1.82, 2.24) is 0 Å². The van der Waals surface area contributed by atoms with Crippen molar-refractivity contribution in [3.8, 4) is 6.07 Å². The monoisotopic (exact) mass is 279 g/mol. The summed E-state index contributed by atoms with van der Waals surface area (Å²) in [7, 11) is 0. The maximum absolute atomic E-state index is 12.1. The largest absolute Gasteiger partial charge is 0.478 e. The van der Waals surface area contributed by atoms with Gasteiger partial charge in [0.05, 0.1) is 17.2 Å². The lowest BCUT2D eigenvalue weighted by atomic mass is 9.99. The first-order valence-corrected chi connectivity index (χ1v) is 6.46. The molecule has 4 nitrogen and oxygen atoms in total. The molecule has 0 saturated carbocycles. The molecule has 2 aromatic carbocycles. The average molecular weight is 279 g/mol. The summed E-state index contributed by atoms with van der Waals surface area (Å²) in [6.45, 7) is 0. The highest BCUT2D eigenvalue weighted by Gasteiger charge is 2.11. The van der Waals surface area contributed by atoms with E-state index in [0.717, 1.165) is 0 Å². The van der Waals surface area contributed by atoms with Gasteiger partial charge >= 0.3 is 5.97 Å². The first kappa shape index (κ1) is 14.5. The van der Waals surface area contributed by atoms with Crippen LogP contribution >= 0.6 is 0 Å². The van der Waals surface area contributed by atoms with E-state index in [2.05, 4.69) is 0 Å². The third-order valence-electron chi connectivity index (χ3n) is 3.21. The fraction of sp³-hybridized carbons (Fsp3) is 0.118. The Kier molecular flexibility index (Phi) is 4.47. The molecule has 104 valence electrons. The van der Waals surface area contributed by atoms with Crippen LogP contribution < -0.4 is 0 Å². The molecule has 0 heterocycles. The number of nitriles is 1. The highest BCUT2D eigenvalue weighted by atomic mass is 16.4. The molecule has 2 aromatic rings. The topological polar surface area (TPSA) is 78.2 Å².